The van der Waals surface area contributed by atoms with Gasteiger partial charge in [-0.25, -0.2) is 35.4 Å². The number of carbonyl (C=O) groups excluding carboxylic acids is 4. The van der Waals surface area contributed by atoms with Gasteiger partial charge in [-0.15, -0.1) is 0 Å². The molecule has 0 bridgehead atoms. The van der Waals surface area contributed by atoms with Crippen molar-refractivity contribution in [1.82, 2.24) is 5.32 Å². The molecule has 0 aromatic rings. The van der Waals surface area contributed by atoms with Gasteiger partial charge in [0.05, 0.1) is 128 Å². The Labute approximate surface area is 793 Å². The standard InChI is InChI=1S/C88H153N6O34P5/c1-66-57-79(128-132(99,101-18)121-56-39-93-17)83(124-66)61-122-133(100,120-52-31-35-89)123-65-88(62-102-40-32-49-114-129(117-53-36-90-14)111-46-28-22-19-25-43-105-85-73(8)67(2)69(4)80(125-85)58-108-76(11)96,63-103-41-33-50-115-130(118-54-37-91-15)112-47-29-23-20-26-44-106-86-74(9)68(3)70(5)81(126-86)59-109-77(12)97)64-104-42-34-51-116-131(119-55-38-92-16)113-48-30-24-21-27-45-107-87-84(94-75(10)95)72(7)71(6)82(127-87)60-110-78(13)98/h66-74,79-87H,19-34,36-65H2,1-13,18H3,(H,94,95)/t66-,67-,68-,69+,70+,71+,72-,73?,74?,79?,80?,81?,82?,83+,84?,85+,86+,87+,88?,129?,130?,131?,132?,133?/m0/s1. The van der Waals surface area contributed by atoms with Crippen LogP contribution in [0.4, 0.5) is 0 Å². The van der Waals surface area contributed by atoms with Crippen molar-refractivity contribution in [2.75, 3.05) is 198 Å². The predicted molar refractivity (Wildman–Crippen MR) is 489 cm³/mol. The molecular formula is C88H153N6O34P5. The van der Waals surface area contributed by atoms with E-state index in [0.717, 1.165) is 58.5 Å². The molecule has 4 saturated heterocycles. The van der Waals surface area contributed by atoms with Gasteiger partial charge in [-0.3, -0.25) is 46.3 Å². The van der Waals surface area contributed by atoms with E-state index in [1.807, 2.05) is 19.9 Å². The van der Waals surface area contributed by atoms with Gasteiger partial charge in [0.1, 0.15) is 58.5 Å². The number of hydrogen-bond donors (Lipinski definition) is 1. The predicted octanol–water partition coefficient (Wildman–Crippen LogP) is 16.3. The number of phosphoric ester groups is 2. The number of amides is 1. The quantitative estimate of drug-likeness (QED) is 0.0194. The van der Waals surface area contributed by atoms with E-state index in [4.69, 9.17) is 156 Å². The van der Waals surface area contributed by atoms with Crippen molar-refractivity contribution >= 4 is 65.3 Å². The minimum Gasteiger partial charge on any atom is -0.463 e. The van der Waals surface area contributed by atoms with Crippen molar-refractivity contribution in [2.24, 2.45) is 52.8 Å². The number of nitriles is 1. The average molecular weight is 1990 g/mol. The fourth-order valence-corrected chi connectivity index (χ4v) is 19.7. The fraction of sp³-hybridized carbons (Fsp3) is 0.898. The van der Waals surface area contributed by atoms with Crippen LogP contribution < -0.4 is 5.32 Å². The Kier molecular flexibility index (Phi) is 66.0. The highest BCUT2D eigenvalue weighted by Gasteiger charge is 2.47. The van der Waals surface area contributed by atoms with Gasteiger partial charge < -0.3 is 127 Å². The van der Waals surface area contributed by atoms with Crippen molar-refractivity contribution in [3.8, 4) is 6.07 Å². The van der Waals surface area contributed by atoms with E-state index < -0.39 is 122 Å². The number of hydrogen-bond acceptors (Lipinski definition) is 35. The van der Waals surface area contributed by atoms with E-state index in [1.165, 1.54) is 27.7 Å². The number of carbonyl (C=O) groups is 4. The molecule has 4 aliphatic rings. The van der Waals surface area contributed by atoms with Gasteiger partial charge in [0, 0.05) is 92.7 Å². The number of esters is 3. The Hall–Kier alpha value is -3.92. The Morgan fingerprint density at radius 3 is 1.12 bits per heavy atom. The number of rotatable bonds is 79. The first-order valence-electron chi connectivity index (χ1n) is 46.7. The van der Waals surface area contributed by atoms with Crippen molar-refractivity contribution in [3.05, 3.63) is 45.7 Å². The Morgan fingerprint density at radius 1 is 0.391 bits per heavy atom. The van der Waals surface area contributed by atoms with Crippen LogP contribution in [0.1, 0.15) is 199 Å². The Bertz CT molecular complexity index is 3370. The minimum absolute atomic E-state index is 0.0329. The number of unbranched alkanes of at least 4 members (excludes halogenated alkanes) is 9. The van der Waals surface area contributed by atoms with Crippen LogP contribution in [0.15, 0.2) is 0 Å². The number of nitrogens with one attached hydrogen (secondary N) is 1. The first-order valence-corrected chi connectivity index (χ1v) is 52.9. The largest absolute Gasteiger partial charge is 0.475 e. The second-order valence-electron chi connectivity index (χ2n) is 33.5. The van der Waals surface area contributed by atoms with Gasteiger partial charge in [-0.2, -0.15) is 5.26 Å². The molecule has 0 saturated carbocycles. The average Bonchev–Trinajstić information content (AvgIpc) is 1.56. The van der Waals surface area contributed by atoms with Crippen LogP contribution >= 0.6 is 41.5 Å². The second kappa shape index (κ2) is 72.4. The van der Waals surface area contributed by atoms with Gasteiger partial charge in [-0.05, 0) is 100 Å². The van der Waals surface area contributed by atoms with E-state index >= 15 is 4.57 Å². The first-order chi connectivity index (χ1) is 64.0. The molecule has 764 valence electrons. The zero-order valence-corrected chi connectivity index (χ0v) is 85.2. The van der Waals surface area contributed by atoms with Crippen molar-refractivity contribution in [2.45, 2.75) is 261 Å². The molecule has 4 heterocycles. The lowest BCUT2D eigenvalue weighted by atomic mass is 9.79. The lowest BCUT2D eigenvalue weighted by Gasteiger charge is -2.44. The van der Waals surface area contributed by atoms with Gasteiger partial charge >= 0.3 is 59.4 Å². The summed E-state index contributed by atoms with van der Waals surface area (Å²) in [5.41, 5.74) is -1.35. The maximum absolute atomic E-state index is 15.2. The smallest absolute Gasteiger partial charge is 0.463 e. The van der Waals surface area contributed by atoms with Crippen molar-refractivity contribution in [3.63, 3.8) is 0 Å². The third kappa shape index (κ3) is 51.9. The lowest BCUT2D eigenvalue weighted by Crippen LogP contribution is -2.58. The number of ether oxygens (including phenoxy) is 13. The summed E-state index contributed by atoms with van der Waals surface area (Å²) in [7, 11) is -13.5. The molecule has 45 heteroatoms. The highest BCUT2D eigenvalue weighted by Crippen LogP contribution is 2.55. The molecule has 0 spiro atoms. The molecule has 0 aromatic carbocycles. The van der Waals surface area contributed by atoms with Gasteiger partial charge in [0.2, 0.25) is 32.1 Å². The first kappa shape index (κ1) is 121. The zero-order chi connectivity index (χ0) is 97.5. The Morgan fingerprint density at radius 2 is 0.744 bits per heavy atom. The molecular weight excluding hydrogens is 1840 g/mol. The van der Waals surface area contributed by atoms with Crippen LogP contribution in [0.5, 0.6) is 0 Å². The maximum Gasteiger partial charge on any atom is 0.475 e. The number of phosphoric acid groups is 2. The molecule has 23 atom stereocenters. The SMILES string of the molecule is [C-]#[N+]CCOP(OCCCCCCO[C@@H]1OC(COC(C)=O)[C@H](C)[C@H](C)C1C)OCCCOCC(COCCCOP(OCCCCCCO[C@@H]1OC(COC(C)=O)[C@H](C)[C@H](C)C1C)OCC[N+]#[C-])(COCCCOP(OCCCCCCO[C@@H]1OC(COC(C)=O)[C@H](C)[C@H](C)C1NC(C)=O)OCC[N+]#[C-])COP(=O)(OCCC#N)OC[C@H]1O[C@@H](C)CC1OP(=O)(OC)OCC[N+]#[C-]. The monoisotopic (exact) mass is 1990 g/mol. The summed E-state index contributed by atoms with van der Waals surface area (Å²) in [6.45, 7) is 54.8. The molecule has 1 amide bonds. The molecule has 12 unspecified atom stereocenters. The zero-order valence-electron chi connectivity index (χ0n) is 80.8. The third-order valence-corrected chi connectivity index (χ3v) is 29.3. The van der Waals surface area contributed by atoms with Crippen LogP contribution in [0.25, 0.3) is 19.4 Å². The third-order valence-electron chi connectivity index (χ3n) is 22.9. The van der Waals surface area contributed by atoms with Gasteiger partial charge in [-0.1, -0.05) is 93.9 Å². The normalized spacial score (nSPS) is 26.2. The summed E-state index contributed by atoms with van der Waals surface area (Å²) >= 11 is 0. The van der Waals surface area contributed by atoms with E-state index in [9.17, 15) is 29.0 Å². The van der Waals surface area contributed by atoms with Crippen LogP contribution in [0, 0.1) is 90.4 Å². The summed E-state index contributed by atoms with van der Waals surface area (Å²) in [6, 6.07) is 1.57. The molecule has 0 aromatic heterocycles. The van der Waals surface area contributed by atoms with Crippen LogP contribution in [0.2, 0.25) is 0 Å². The van der Waals surface area contributed by atoms with Gasteiger partial charge in [0.15, 0.2) is 18.9 Å². The van der Waals surface area contributed by atoms with E-state index in [2.05, 4.69) is 66.2 Å². The molecule has 4 aliphatic heterocycles. The van der Waals surface area contributed by atoms with E-state index in [0.29, 0.717) is 89.8 Å². The molecule has 133 heavy (non-hydrogen) atoms. The fourth-order valence-electron chi connectivity index (χ4n) is 14.3. The lowest BCUT2D eigenvalue weighted by molar-refractivity contribution is -0.255. The van der Waals surface area contributed by atoms with E-state index in [1.54, 1.807) is 6.92 Å². The second-order valence-corrected chi connectivity index (χ2v) is 40.6. The van der Waals surface area contributed by atoms with Crippen molar-refractivity contribution < 1.29 is 158 Å². The highest BCUT2D eigenvalue weighted by atomic mass is 31.2. The molecule has 0 aliphatic carbocycles. The molecule has 0 radical (unpaired) electrons. The molecule has 4 rings (SSSR count). The number of nitrogens with zero attached hydrogens (tertiary/aromatic N) is 5. The summed E-state index contributed by atoms with van der Waals surface area (Å²) in [5, 5.41) is 12.7. The molecule has 4 fully saturated rings. The van der Waals surface area contributed by atoms with Gasteiger partial charge in [0.25, 0.3) is 0 Å². The summed E-state index contributed by atoms with van der Waals surface area (Å²) in [6.07, 6.45) is 4.99. The van der Waals surface area contributed by atoms with Crippen LogP contribution in [-0.4, -0.2) is 284 Å². The van der Waals surface area contributed by atoms with E-state index in [-0.39, 0.29) is 217 Å². The molecule has 40 nitrogen and oxygen atoms in total. The van der Waals surface area contributed by atoms with Crippen molar-refractivity contribution in [1.29, 1.82) is 5.26 Å². The molecule has 1 N–H and O–H groups in total. The summed E-state index contributed by atoms with van der Waals surface area (Å²) in [5.74, 6) is -0.176. The highest BCUT2D eigenvalue weighted by molar-refractivity contribution is 7.48. The summed E-state index contributed by atoms with van der Waals surface area (Å²) in [4.78, 5) is 60.6. The van der Waals surface area contributed by atoms with Crippen LogP contribution in [-0.2, 0) is 158 Å². The summed E-state index contributed by atoms with van der Waals surface area (Å²) < 4.78 is 197. The maximum atomic E-state index is 15.2. The van der Waals surface area contributed by atoms with Crippen LogP contribution in [0.3, 0.4) is 0 Å². The minimum atomic E-state index is -4.74. The Balaban J connectivity index is 1.53. The topological polar surface area (TPSA) is 414 Å².